The smallest absolute Gasteiger partial charge is 0.102 e. The summed E-state index contributed by atoms with van der Waals surface area (Å²) in [5, 5.41) is 0. The molecule has 0 bridgehead atoms. The minimum Gasteiger partial charge on any atom is -0.387 e. The predicted molar refractivity (Wildman–Crippen MR) is 97.8 cm³/mol. The molecule has 2 aromatic carbocycles. The highest BCUT2D eigenvalue weighted by Gasteiger charge is 2.19. The van der Waals surface area contributed by atoms with Gasteiger partial charge in [0.15, 0.2) is 0 Å². The monoisotopic (exact) mass is 306 g/mol. The highest BCUT2D eigenvalue weighted by Crippen LogP contribution is 2.25. The van der Waals surface area contributed by atoms with E-state index in [1.54, 1.807) is 0 Å². The van der Waals surface area contributed by atoms with Gasteiger partial charge in [0.25, 0.3) is 0 Å². The number of amidine groups is 1. The first kappa shape index (κ1) is 15.8. The van der Waals surface area contributed by atoms with Gasteiger partial charge >= 0.3 is 0 Å². The molecule has 0 amide bonds. The van der Waals surface area contributed by atoms with Crippen molar-refractivity contribution in [3.63, 3.8) is 0 Å². The third-order valence-electron chi connectivity index (χ3n) is 4.75. The number of nitrogens with zero attached hydrogens (tertiary/aromatic N) is 1. The van der Waals surface area contributed by atoms with E-state index in [1.165, 1.54) is 43.2 Å². The third-order valence-corrected chi connectivity index (χ3v) is 4.75. The zero-order valence-corrected chi connectivity index (χ0v) is 13.7. The van der Waals surface area contributed by atoms with Gasteiger partial charge in [-0.2, -0.15) is 0 Å². The van der Waals surface area contributed by atoms with E-state index in [4.69, 9.17) is 10.7 Å². The Morgan fingerprint density at radius 2 is 1.52 bits per heavy atom. The number of benzene rings is 2. The Hall–Kier alpha value is -2.09. The predicted octanol–water partition coefficient (Wildman–Crippen LogP) is 4.70. The quantitative estimate of drug-likeness (QED) is 0.631. The molecule has 1 aliphatic carbocycles. The maximum absolute atomic E-state index is 6.48. The van der Waals surface area contributed by atoms with E-state index in [1.807, 2.05) is 0 Å². The van der Waals surface area contributed by atoms with Crippen LogP contribution in [0.5, 0.6) is 0 Å². The molecular formula is C21H26N2. The first-order valence-corrected chi connectivity index (χ1v) is 8.75. The van der Waals surface area contributed by atoms with Crippen molar-refractivity contribution in [3.05, 3.63) is 71.8 Å². The molecule has 1 atom stereocenters. The van der Waals surface area contributed by atoms with Crippen molar-refractivity contribution in [2.24, 2.45) is 10.7 Å². The fraction of sp³-hybridized carbons (Fsp3) is 0.381. The van der Waals surface area contributed by atoms with Crippen molar-refractivity contribution in [1.29, 1.82) is 0 Å². The van der Waals surface area contributed by atoms with Gasteiger partial charge in [-0.1, -0.05) is 79.9 Å². The topological polar surface area (TPSA) is 38.4 Å². The number of aliphatic imine (C=N–C) groups is 1. The van der Waals surface area contributed by atoms with Gasteiger partial charge < -0.3 is 5.73 Å². The Morgan fingerprint density at radius 3 is 2.17 bits per heavy atom. The van der Waals surface area contributed by atoms with Crippen LogP contribution in [0.25, 0.3) is 0 Å². The average Bonchev–Trinajstić information content (AvgIpc) is 2.62. The molecule has 0 radical (unpaired) electrons. The number of nitrogens with two attached hydrogens (primary N) is 1. The van der Waals surface area contributed by atoms with Crippen LogP contribution >= 0.6 is 0 Å². The molecule has 0 aromatic heterocycles. The fourth-order valence-corrected chi connectivity index (χ4v) is 3.44. The summed E-state index contributed by atoms with van der Waals surface area (Å²) < 4.78 is 0. The van der Waals surface area contributed by atoms with E-state index in [0.29, 0.717) is 6.04 Å². The Kier molecular flexibility index (Phi) is 5.46. The lowest BCUT2D eigenvalue weighted by molar-refractivity contribution is 0.442. The SMILES string of the molecule is NC(=NC1CCCCC1)[C@H](Cc1ccccc1)c1ccccc1. The fourth-order valence-electron chi connectivity index (χ4n) is 3.44. The van der Waals surface area contributed by atoms with E-state index < -0.39 is 0 Å². The van der Waals surface area contributed by atoms with Crippen molar-refractivity contribution in [2.75, 3.05) is 0 Å². The largest absolute Gasteiger partial charge is 0.387 e. The lowest BCUT2D eigenvalue weighted by Crippen LogP contribution is -2.27. The second kappa shape index (κ2) is 7.96. The molecule has 3 rings (SSSR count). The Labute approximate surface area is 139 Å². The van der Waals surface area contributed by atoms with Crippen molar-refractivity contribution < 1.29 is 0 Å². The normalized spacial score (nSPS) is 17.8. The summed E-state index contributed by atoms with van der Waals surface area (Å²) in [6.45, 7) is 0. The average molecular weight is 306 g/mol. The van der Waals surface area contributed by atoms with Crippen molar-refractivity contribution in [2.45, 2.75) is 50.5 Å². The van der Waals surface area contributed by atoms with Crippen LogP contribution in [0.3, 0.4) is 0 Å². The summed E-state index contributed by atoms with van der Waals surface area (Å²) in [5.41, 5.74) is 9.04. The molecule has 2 aromatic rings. The molecule has 0 aliphatic heterocycles. The van der Waals surface area contributed by atoms with E-state index in [2.05, 4.69) is 60.7 Å². The summed E-state index contributed by atoms with van der Waals surface area (Å²) in [7, 11) is 0. The van der Waals surface area contributed by atoms with Gasteiger partial charge in [0.05, 0.1) is 6.04 Å². The van der Waals surface area contributed by atoms with Gasteiger partial charge in [0.1, 0.15) is 5.84 Å². The summed E-state index contributed by atoms with van der Waals surface area (Å²) in [4.78, 5) is 4.90. The van der Waals surface area contributed by atoms with Gasteiger partial charge in [-0.15, -0.1) is 0 Å². The number of hydrogen-bond donors (Lipinski definition) is 1. The highest BCUT2D eigenvalue weighted by atomic mass is 14.9. The van der Waals surface area contributed by atoms with Gasteiger partial charge in [-0.3, -0.25) is 4.99 Å². The minimum absolute atomic E-state index is 0.167. The molecule has 0 unspecified atom stereocenters. The zero-order chi connectivity index (χ0) is 15.9. The molecule has 1 aliphatic rings. The van der Waals surface area contributed by atoms with Crippen LogP contribution in [-0.4, -0.2) is 11.9 Å². The van der Waals surface area contributed by atoms with Crippen LogP contribution in [0.4, 0.5) is 0 Å². The summed E-state index contributed by atoms with van der Waals surface area (Å²) in [5.74, 6) is 0.965. The van der Waals surface area contributed by atoms with E-state index in [0.717, 1.165) is 12.3 Å². The molecule has 120 valence electrons. The van der Waals surface area contributed by atoms with Crippen LogP contribution in [0, 0.1) is 0 Å². The van der Waals surface area contributed by atoms with E-state index in [-0.39, 0.29) is 5.92 Å². The van der Waals surface area contributed by atoms with Gasteiger partial charge in [0.2, 0.25) is 0 Å². The standard InChI is InChI=1S/C21H26N2/c22-21(23-19-14-8-3-9-15-19)20(18-12-6-2-7-13-18)16-17-10-4-1-5-11-17/h1-2,4-7,10-13,19-20H,3,8-9,14-16H2,(H2,22,23)/t20-/m1/s1. The molecule has 0 heterocycles. The molecule has 2 heteroatoms. The Morgan fingerprint density at radius 1 is 0.913 bits per heavy atom. The number of hydrogen-bond acceptors (Lipinski definition) is 1. The molecule has 2 N–H and O–H groups in total. The molecular weight excluding hydrogens is 280 g/mol. The van der Waals surface area contributed by atoms with E-state index >= 15 is 0 Å². The van der Waals surface area contributed by atoms with Crippen LogP contribution in [0.1, 0.15) is 49.1 Å². The van der Waals surface area contributed by atoms with Gasteiger partial charge in [0, 0.05) is 5.92 Å². The van der Waals surface area contributed by atoms with Gasteiger partial charge in [-0.25, -0.2) is 0 Å². The first-order valence-electron chi connectivity index (χ1n) is 8.75. The molecule has 0 spiro atoms. The van der Waals surface area contributed by atoms with Gasteiger partial charge in [-0.05, 0) is 30.4 Å². The Balaban J connectivity index is 1.83. The second-order valence-electron chi connectivity index (χ2n) is 6.50. The highest BCUT2D eigenvalue weighted by molar-refractivity contribution is 5.88. The summed E-state index contributed by atoms with van der Waals surface area (Å²) in [6.07, 6.45) is 7.21. The maximum atomic E-state index is 6.48. The van der Waals surface area contributed by atoms with Crippen LogP contribution in [0.15, 0.2) is 65.7 Å². The lowest BCUT2D eigenvalue weighted by Gasteiger charge is -2.22. The van der Waals surface area contributed by atoms with Crippen LogP contribution < -0.4 is 5.73 Å². The van der Waals surface area contributed by atoms with E-state index in [9.17, 15) is 0 Å². The van der Waals surface area contributed by atoms with Crippen molar-refractivity contribution >= 4 is 5.84 Å². The zero-order valence-electron chi connectivity index (χ0n) is 13.7. The molecule has 1 fully saturated rings. The molecule has 2 nitrogen and oxygen atoms in total. The molecule has 1 saturated carbocycles. The summed E-state index contributed by atoms with van der Waals surface area (Å²) >= 11 is 0. The lowest BCUT2D eigenvalue weighted by atomic mass is 9.90. The summed E-state index contributed by atoms with van der Waals surface area (Å²) in [6, 6.07) is 21.5. The first-order chi connectivity index (χ1) is 11.3. The molecule has 0 saturated heterocycles. The number of rotatable bonds is 5. The minimum atomic E-state index is 0.167. The maximum Gasteiger partial charge on any atom is 0.102 e. The second-order valence-corrected chi connectivity index (χ2v) is 6.50. The Bertz CT molecular complexity index is 613. The van der Waals surface area contributed by atoms with Crippen LogP contribution in [-0.2, 0) is 6.42 Å². The third kappa shape index (κ3) is 4.44. The van der Waals surface area contributed by atoms with Crippen molar-refractivity contribution in [3.8, 4) is 0 Å². The van der Waals surface area contributed by atoms with Crippen LogP contribution in [0.2, 0.25) is 0 Å². The molecule has 23 heavy (non-hydrogen) atoms. The van der Waals surface area contributed by atoms with Crippen molar-refractivity contribution in [1.82, 2.24) is 0 Å².